The molecule has 0 aliphatic rings. The van der Waals surface area contributed by atoms with Crippen LogP contribution in [0.2, 0.25) is 0 Å². The van der Waals surface area contributed by atoms with E-state index in [9.17, 15) is 0 Å². The monoisotopic (exact) mass is 231 g/mol. The van der Waals surface area contributed by atoms with Gasteiger partial charge in [0.25, 0.3) is 0 Å². The number of nitriles is 1. The van der Waals surface area contributed by atoms with Crippen LogP contribution in [0.5, 0.6) is 0 Å². The van der Waals surface area contributed by atoms with E-state index < -0.39 is 0 Å². The molecule has 0 unspecified atom stereocenters. The van der Waals surface area contributed by atoms with Crippen LogP contribution in [0.1, 0.15) is 11.1 Å². The SMILES string of the molecule is N#Cc1cccc(Cn2ccc3c[c]ccc32)c1. The molecule has 2 nitrogen and oxygen atoms in total. The lowest BCUT2D eigenvalue weighted by Gasteiger charge is -2.05. The Kier molecular flexibility index (Phi) is 2.59. The average Bonchev–Trinajstić information content (AvgIpc) is 2.83. The second-order valence-corrected chi connectivity index (χ2v) is 4.24. The first-order chi connectivity index (χ1) is 8.86. The molecule has 3 rings (SSSR count). The number of rotatable bonds is 2. The highest BCUT2D eigenvalue weighted by Crippen LogP contribution is 2.16. The molecular formula is C16H11N2. The second kappa shape index (κ2) is 4.38. The fraction of sp³-hybridized carbons (Fsp3) is 0.0625. The predicted molar refractivity (Wildman–Crippen MR) is 71.0 cm³/mol. The van der Waals surface area contributed by atoms with Crippen molar-refractivity contribution in [2.24, 2.45) is 0 Å². The van der Waals surface area contributed by atoms with E-state index in [0.29, 0.717) is 5.56 Å². The number of benzene rings is 2. The third kappa shape index (κ3) is 1.87. The van der Waals surface area contributed by atoms with Gasteiger partial charge in [0, 0.05) is 23.6 Å². The van der Waals surface area contributed by atoms with Crippen molar-refractivity contribution in [3.8, 4) is 6.07 Å². The summed E-state index contributed by atoms with van der Waals surface area (Å²) in [6.07, 6.45) is 2.07. The molecule has 0 fully saturated rings. The van der Waals surface area contributed by atoms with Gasteiger partial charge in [0.2, 0.25) is 0 Å². The van der Waals surface area contributed by atoms with Crippen molar-refractivity contribution in [3.05, 3.63) is 71.9 Å². The molecule has 0 bridgehead atoms. The van der Waals surface area contributed by atoms with Crippen LogP contribution in [0.3, 0.4) is 0 Å². The summed E-state index contributed by atoms with van der Waals surface area (Å²) < 4.78 is 2.18. The number of hydrogen-bond acceptors (Lipinski definition) is 1. The Balaban J connectivity index is 1.99. The van der Waals surface area contributed by atoms with Gasteiger partial charge in [0.05, 0.1) is 11.6 Å². The molecule has 18 heavy (non-hydrogen) atoms. The first-order valence-corrected chi connectivity index (χ1v) is 5.81. The zero-order valence-corrected chi connectivity index (χ0v) is 9.80. The fourth-order valence-electron chi connectivity index (χ4n) is 2.15. The maximum Gasteiger partial charge on any atom is 0.0991 e. The van der Waals surface area contributed by atoms with Gasteiger partial charge >= 0.3 is 0 Å². The highest BCUT2D eigenvalue weighted by molar-refractivity contribution is 5.79. The third-order valence-electron chi connectivity index (χ3n) is 3.02. The van der Waals surface area contributed by atoms with E-state index >= 15 is 0 Å². The Morgan fingerprint density at radius 1 is 1.22 bits per heavy atom. The van der Waals surface area contributed by atoms with Crippen molar-refractivity contribution in [1.29, 1.82) is 5.26 Å². The summed E-state index contributed by atoms with van der Waals surface area (Å²) in [5.74, 6) is 0. The van der Waals surface area contributed by atoms with Crippen LogP contribution >= 0.6 is 0 Å². The molecule has 0 aliphatic carbocycles. The van der Waals surface area contributed by atoms with Gasteiger partial charge in [-0.1, -0.05) is 18.2 Å². The summed E-state index contributed by atoms with van der Waals surface area (Å²) in [5.41, 5.74) is 3.03. The molecule has 0 aliphatic heterocycles. The molecule has 1 aromatic heterocycles. The predicted octanol–water partition coefficient (Wildman–Crippen LogP) is 3.36. The van der Waals surface area contributed by atoms with Gasteiger partial charge in [-0.3, -0.25) is 0 Å². The van der Waals surface area contributed by atoms with Crippen LogP contribution in [-0.4, -0.2) is 4.57 Å². The molecule has 85 valence electrons. The standard InChI is InChI=1S/C16H11N2/c17-11-13-4-3-5-14(10-13)12-18-9-8-15-6-1-2-7-16(15)18/h2-10H,12H2. The Hall–Kier alpha value is -2.53. The van der Waals surface area contributed by atoms with E-state index in [4.69, 9.17) is 5.26 Å². The summed E-state index contributed by atoms with van der Waals surface area (Å²) in [7, 11) is 0. The zero-order chi connectivity index (χ0) is 12.4. The van der Waals surface area contributed by atoms with Crippen molar-refractivity contribution in [2.45, 2.75) is 6.54 Å². The smallest absolute Gasteiger partial charge is 0.0991 e. The summed E-state index contributed by atoms with van der Waals surface area (Å²) in [4.78, 5) is 0. The van der Waals surface area contributed by atoms with Crippen LogP contribution in [0, 0.1) is 17.4 Å². The van der Waals surface area contributed by atoms with E-state index in [1.165, 1.54) is 10.9 Å². The van der Waals surface area contributed by atoms with Gasteiger partial charge in [-0.25, -0.2) is 0 Å². The van der Waals surface area contributed by atoms with Gasteiger partial charge in [0.1, 0.15) is 0 Å². The first kappa shape index (κ1) is 10.6. The minimum Gasteiger partial charge on any atom is -0.343 e. The zero-order valence-electron chi connectivity index (χ0n) is 9.80. The van der Waals surface area contributed by atoms with Crippen LogP contribution in [0.25, 0.3) is 10.9 Å². The van der Waals surface area contributed by atoms with E-state index in [1.807, 2.05) is 36.4 Å². The Morgan fingerprint density at radius 2 is 2.17 bits per heavy atom. The third-order valence-corrected chi connectivity index (χ3v) is 3.02. The van der Waals surface area contributed by atoms with Crippen LogP contribution in [0.4, 0.5) is 0 Å². The lowest BCUT2D eigenvalue weighted by atomic mass is 10.1. The van der Waals surface area contributed by atoms with Crippen molar-refractivity contribution < 1.29 is 0 Å². The van der Waals surface area contributed by atoms with Gasteiger partial charge in [0.15, 0.2) is 0 Å². The van der Waals surface area contributed by atoms with Gasteiger partial charge < -0.3 is 4.57 Å². The Bertz CT molecular complexity index is 732. The molecule has 0 saturated heterocycles. The highest BCUT2D eigenvalue weighted by atomic mass is 14.9. The van der Waals surface area contributed by atoms with Gasteiger partial charge in [-0.05, 0) is 42.0 Å². The molecule has 1 heterocycles. The molecule has 0 atom stereocenters. The lowest BCUT2D eigenvalue weighted by molar-refractivity contribution is 0.836. The number of fused-ring (bicyclic) bond motifs is 1. The van der Waals surface area contributed by atoms with Crippen LogP contribution in [-0.2, 0) is 6.54 Å². The maximum atomic E-state index is 8.90. The molecule has 0 N–H and O–H groups in total. The fourth-order valence-corrected chi connectivity index (χ4v) is 2.15. The van der Waals surface area contributed by atoms with E-state index in [1.54, 1.807) is 0 Å². The molecule has 0 spiro atoms. The summed E-state index contributed by atoms with van der Waals surface area (Å²) in [6, 6.07) is 21.0. The summed E-state index contributed by atoms with van der Waals surface area (Å²) >= 11 is 0. The highest BCUT2D eigenvalue weighted by Gasteiger charge is 2.01. The topological polar surface area (TPSA) is 28.7 Å². The number of nitrogens with zero attached hydrogens (tertiary/aromatic N) is 2. The number of aromatic nitrogens is 1. The molecule has 0 saturated carbocycles. The largest absolute Gasteiger partial charge is 0.343 e. The summed E-state index contributed by atoms with van der Waals surface area (Å²) in [6.45, 7) is 0.781. The molecule has 0 amide bonds. The van der Waals surface area contributed by atoms with E-state index in [2.05, 4.69) is 35.0 Å². The van der Waals surface area contributed by atoms with Crippen LogP contribution < -0.4 is 0 Å². The molecule has 3 aromatic rings. The quantitative estimate of drug-likeness (QED) is 0.664. The van der Waals surface area contributed by atoms with E-state index in [0.717, 1.165) is 12.1 Å². The molecular weight excluding hydrogens is 220 g/mol. The lowest BCUT2D eigenvalue weighted by Crippen LogP contribution is -1.97. The van der Waals surface area contributed by atoms with E-state index in [-0.39, 0.29) is 0 Å². The van der Waals surface area contributed by atoms with Crippen molar-refractivity contribution in [2.75, 3.05) is 0 Å². The van der Waals surface area contributed by atoms with Gasteiger partial charge in [-0.2, -0.15) is 5.26 Å². The molecule has 2 aromatic carbocycles. The minimum absolute atomic E-state index is 0.706. The normalized spacial score (nSPS) is 10.4. The van der Waals surface area contributed by atoms with Gasteiger partial charge in [-0.15, -0.1) is 0 Å². The Labute approximate surface area is 106 Å². The van der Waals surface area contributed by atoms with Crippen molar-refractivity contribution in [1.82, 2.24) is 4.57 Å². The van der Waals surface area contributed by atoms with Crippen molar-refractivity contribution in [3.63, 3.8) is 0 Å². The molecule has 1 radical (unpaired) electrons. The van der Waals surface area contributed by atoms with Crippen LogP contribution in [0.15, 0.2) is 54.7 Å². The molecule has 2 heteroatoms. The second-order valence-electron chi connectivity index (χ2n) is 4.24. The Morgan fingerprint density at radius 3 is 3.06 bits per heavy atom. The van der Waals surface area contributed by atoms with Crippen molar-refractivity contribution >= 4 is 10.9 Å². The number of hydrogen-bond donors (Lipinski definition) is 0. The first-order valence-electron chi connectivity index (χ1n) is 5.81. The average molecular weight is 231 g/mol. The summed E-state index contributed by atoms with van der Waals surface area (Å²) in [5, 5.41) is 10.1. The maximum absolute atomic E-state index is 8.90. The minimum atomic E-state index is 0.706.